The van der Waals surface area contributed by atoms with Crippen LogP contribution >= 0.6 is 0 Å². The number of piperidine rings is 1. The highest BCUT2D eigenvalue weighted by molar-refractivity contribution is 5.27. The van der Waals surface area contributed by atoms with Crippen LogP contribution < -0.4 is 10.1 Å². The van der Waals surface area contributed by atoms with Crippen LogP contribution in [0.3, 0.4) is 0 Å². The molecule has 1 aliphatic heterocycles. The molecule has 1 fully saturated rings. The molecule has 0 amide bonds. The van der Waals surface area contributed by atoms with Crippen molar-refractivity contribution in [1.29, 1.82) is 0 Å². The van der Waals surface area contributed by atoms with E-state index in [1.807, 2.05) is 0 Å². The first-order valence-corrected chi connectivity index (χ1v) is 7.23. The van der Waals surface area contributed by atoms with E-state index >= 15 is 0 Å². The van der Waals surface area contributed by atoms with Gasteiger partial charge < -0.3 is 10.1 Å². The highest BCUT2D eigenvalue weighted by Gasteiger charge is 2.11. The number of benzene rings is 1. The third kappa shape index (κ3) is 4.34. The van der Waals surface area contributed by atoms with E-state index in [2.05, 4.69) is 43.4 Å². The second-order valence-electron chi connectivity index (χ2n) is 5.50. The van der Waals surface area contributed by atoms with Crippen molar-refractivity contribution in [3.05, 3.63) is 29.8 Å². The Morgan fingerprint density at radius 1 is 1.22 bits per heavy atom. The Morgan fingerprint density at radius 3 is 2.61 bits per heavy atom. The first kappa shape index (κ1) is 13.4. The Labute approximate surface area is 111 Å². The zero-order chi connectivity index (χ0) is 12.8. The summed E-state index contributed by atoms with van der Waals surface area (Å²) in [6, 6.07) is 9.29. The van der Waals surface area contributed by atoms with Crippen molar-refractivity contribution in [3.63, 3.8) is 0 Å². The number of aryl methyl sites for hydroxylation is 1. The van der Waals surface area contributed by atoms with Crippen LogP contribution in [0.2, 0.25) is 0 Å². The highest BCUT2D eigenvalue weighted by atomic mass is 16.5. The van der Waals surface area contributed by atoms with Crippen LogP contribution in [0, 0.1) is 0 Å². The fourth-order valence-electron chi connectivity index (χ4n) is 2.52. The molecule has 1 heterocycles. The average molecular weight is 247 g/mol. The summed E-state index contributed by atoms with van der Waals surface area (Å²) < 4.78 is 5.65. The molecule has 0 spiro atoms. The molecule has 0 radical (unpaired) electrons. The summed E-state index contributed by atoms with van der Waals surface area (Å²) in [5.41, 5.74) is 1.42. The van der Waals surface area contributed by atoms with E-state index in [0.29, 0.717) is 0 Å². The smallest absolute Gasteiger partial charge is 0.119 e. The minimum Gasteiger partial charge on any atom is -0.491 e. The maximum atomic E-state index is 5.65. The Hall–Kier alpha value is -1.02. The number of nitrogens with one attached hydrogen (secondary N) is 1. The van der Waals surface area contributed by atoms with E-state index in [-0.39, 0.29) is 6.10 Å². The normalized spacial score (nSPS) is 20.1. The van der Waals surface area contributed by atoms with E-state index in [9.17, 15) is 0 Å². The van der Waals surface area contributed by atoms with Crippen molar-refractivity contribution in [3.8, 4) is 5.75 Å². The fourth-order valence-corrected chi connectivity index (χ4v) is 2.52. The summed E-state index contributed by atoms with van der Waals surface area (Å²) in [5, 5.41) is 3.60. The minimum absolute atomic E-state index is 0.252. The van der Waals surface area contributed by atoms with Gasteiger partial charge in [0.25, 0.3) is 0 Å². The lowest BCUT2D eigenvalue weighted by molar-refractivity contribution is 0.242. The number of rotatable bonds is 5. The van der Waals surface area contributed by atoms with E-state index in [4.69, 9.17) is 4.74 Å². The minimum atomic E-state index is 0.252. The van der Waals surface area contributed by atoms with Crippen LogP contribution in [-0.4, -0.2) is 18.7 Å². The molecule has 1 aromatic rings. The van der Waals surface area contributed by atoms with Crippen LogP contribution in [0.1, 0.15) is 45.1 Å². The predicted octanol–water partition coefficient (Wildman–Crippen LogP) is 3.55. The second-order valence-corrected chi connectivity index (χ2v) is 5.50. The summed E-state index contributed by atoms with van der Waals surface area (Å²) >= 11 is 0. The fraction of sp³-hybridized carbons (Fsp3) is 0.625. The van der Waals surface area contributed by atoms with Gasteiger partial charge in [-0.05, 0) is 63.8 Å². The Balaban J connectivity index is 1.78. The standard InChI is InChI=1S/C16H25NO/c1-13(2)18-16-10-7-14(8-11-16)6-9-15-5-3-4-12-17-15/h7-8,10-11,13,15,17H,3-6,9,12H2,1-2H3/t15-/m0/s1. The van der Waals surface area contributed by atoms with Gasteiger partial charge >= 0.3 is 0 Å². The molecular formula is C16H25NO. The molecule has 100 valence electrons. The van der Waals surface area contributed by atoms with Gasteiger partial charge in [0.1, 0.15) is 5.75 Å². The summed E-state index contributed by atoms with van der Waals surface area (Å²) in [4.78, 5) is 0. The largest absolute Gasteiger partial charge is 0.491 e. The van der Waals surface area contributed by atoms with Crippen molar-refractivity contribution >= 4 is 0 Å². The van der Waals surface area contributed by atoms with Gasteiger partial charge in [-0.1, -0.05) is 18.6 Å². The van der Waals surface area contributed by atoms with Crippen molar-refractivity contribution in [2.45, 2.75) is 58.1 Å². The maximum absolute atomic E-state index is 5.65. The van der Waals surface area contributed by atoms with Gasteiger partial charge in [-0.3, -0.25) is 0 Å². The maximum Gasteiger partial charge on any atom is 0.119 e. The van der Waals surface area contributed by atoms with Gasteiger partial charge in [-0.15, -0.1) is 0 Å². The Bertz CT molecular complexity index is 339. The summed E-state index contributed by atoms with van der Waals surface area (Å²) in [6.07, 6.45) is 6.75. The molecule has 0 unspecified atom stereocenters. The molecule has 2 nitrogen and oxygen atoms in total. The van der Waals surface area contributed by atoms with E-state index in [0.717, 1.165) is 11.8 Å². The van der Waals surface area contributed by atoms with Crippen molar-refractivity contribution in [2.24, 2.45) is 0 Å². The van der Waals surface area contributed by atoms with E-state index in [1.54, 1.807) is 0 Å². The second kappa shape index (κ2) is 6.79. The Kier molecular flexibility index (Phi) is 5.06. The first-order valence-electron chi connectivity index (χ1n) is 7.23. The Morgan fingerprint density at radius 2 is 2.00 bits per heavy atom. The first-order chi connectivity index (χ1) is 8.74. The molecule has 1 saturated heterocycles. The number of ether oxygens (including phenoxy) is 1. The SMILES string of the molecule is CC(C)Oc1ccc(CC[C@@H]2CCCCN2)cc1. The zero-order valence-corrected chi connectivity index (χ0v) is 11.6. The zero-order valence-electron chi connectivity index (χ0n) is 11.6. The molecule has 2 heteroatoms. The number of hydrogen-bond acceptors (Lipinski definition) is 2. The molecule has 2 rings (SSSR count). The molecule has 1 aromatic carbocycles. The average Bonchev–Trinajstić information content (AvgIpc) is 2.38. The number of hydrogen-bond donors (Lipinski definition) is 1. The van der Waals surface area contributed by atoms with Gasteiger partial charge in [0.05, 0.1) is 6.10 Å². The molecule has 1 aliphatic rings. The quantitative estimate of drug-likeness (QED) is 0.859. The summed E-state index contributed by atoms with van der Waals surface area (Å²) in [6.45, 7) is 5.32. The van der Waals surface area contributed by atoms with Gasteiger partial charge in [0, 0.05) is 6.04 Å². The van der Waals surface area contributed by atoms with Crippen molar-refractivity contribution < 1.29 is 4.74 Å². The lowest BCUT2D eigenvalue weighted by Gasteiger charge is -2.23. The molecule has 18 heavy (non-hydrogen) atoms. The van der Waals surface area contributed by atoms with Crippen LogP contribution in [-0.2, 0) is 6.42 Å². The summed E-state index contributed by atoms with van der Waals surface area (Å²) in [7, 11) is 0. The topological polar surface area (TPSA) is 21.3 Å². The van der Waals surface area contributed by atoms with Crippen LogP contribution in [0.15, 0.2) is 24.3 Å². The van der Waals surface area contributed by atoms with Crippen molar-refractivity contribution in [2.75, 3.05) is 6.54 Å². The molecule has 0 bridgehead atoms. The molecule has 0 aliphatic carbocycles. The van der Waals surface area contributed by atoms with E-state index < -0.39 is 0 Å². The molecule has 0 aromatic heterocycles. The third-order valence-electron chi connectivity index (χ3n) is 3.49. The molecule has 0 saturated carbocycles. The molecule has 1 N–H and O–H groups in total. The van der Waals surface area contributed by atoms with Crippen LogP contribution in [0.4, 0.5) is 0 Å². The predicted molar refractivity (Wildman–Crippen MR) is 76.2 cm³/mol. The lowest BCUT2D eigenvalue weighted by Crippen LogP contribution is -2.34. The molecule has 1 atom stereocenters. The van der Waals surface area contributed by atoms with E-state index in [1.165, 1.54) is 44.2 Å². The lowest BCUT2D eigenvalue weighted by atomic mass is 9.98. The monoisotopic (exact) mass is 247 g/mol. The summed E-state index contributed by atoms with van der Waals surface area (Å²) in [5.74, 6) is 0.976. The van der Waals surface area contributed by atoms with Gasteiger partial charge in [-0.25, -0.2) is 0 Å². The van der Waals surface area contributed by atoms with Gasteiger partial charge in [0.15, 0.2) is 0 Å². The molecular weight excluding hydrogens is 222 g/mol. The van der Waals surface area contributed by atoms with Gasteiger partial charge in [0.2, 0.25) is 0 Å². The van der Waals surface area contributed by atoms with Gasteiger partial charge in [-0.2, -0.15) is 0 Å². The van der Waals surface area contributed by atoms with Crippen LogP contribution in [0.25, 0.3) is 0 Å². The highest BCUT2D eigenvalue weighted by Crippen LogP contribution is 2.17. The van der Waals surface area contributed by atoms with Crippen LogP contribution in [0.5, 0.6) is 5.75 Å². The third-order valence-corrected chi connectivity index (χ3v) is 3.49. The van der Waals surface area contributed by atoms with Crippen molar-refractivity contribution in [1.82, 2.24) is 5.32 Å².